The van der Waals surface area contributed by atoms with Gasteiger partial charge in [-0.1, -0.05) is 20.8 Å². The lowest BCUT2D eigenvalue weighted by atomic mass is 9.98. The molecule has 21 heavy (non-hydrogen) atoms. The summed E-state index contributed by atoms with van der Waals surface area (Å²) in [6.45, 7) is 6.82. The lowest BCUT2D eigenvalue weighted by molar-refractivity contribution is 0.0692. The van der Waals surface area contributed by atoms with Crippen LogP contribution in [0.2, 0.25) is 0 Å². The zero-order valence-electron chi connectivity index (χ0n) is 12.1. The van der Waals surface area contributed by atoms with Crippen LogP contribution in [0.25, 0.3) is 0 Å². The van der Waals surface area contributed by atoms with Crippen molar-refractivity contribution in [2.45, 2.75) is 32.7 Å². The molecule has 0 saturated heterocycles. The van der Waals surface area contributed by atoms with Gasteiger partial charge in [-0.2, -0.15) is 0 Å². The fourth-order valence-electron chi connectivity index (χ4n) is 1.72. The van der Waals surface area contributed by atoms with Crippen LogP contribution >= 0.6 is 11.3 Å². The summed E-state index contributed by atoms with van der Waals surface area (Å²) in [6.07, 6.45) is 1.81. The van der Waals surface area contributed by atoms with Crippen LogP contribution in [0.3, 0.4) is 0 Å². The maximum atomic E-state index is 13.3. The van der Waals surface area contributed by atoms with Gasteiger partial charge in [0.15, 0.2) is 0 Å². The van der Waals surface area contributed by atoms with Crippen LogP contribution in [-0.2, 0) is 12.0 Å². The second-order valence-electron chi connectivity index (χ2n) is 5.74. The first-order valence-corrected chi connectivity index (χ1v) is 7.31. The van der Waals surface area contributed by atoms with E-state index in [4.69, 9.17) is 5.11 Å². The van der Waals surface area contributed by atoms with Gasteiger partial charge in [-0.3, -0.25) is 0 Å². The van der Waals surface area contributed by atoms with Crippen molar-refractivity contribution in [3.63, 3.8) is 0 Å². The normalized spacial score (nSPS) is 11.4. The van der Waals surface area contributed by atoms with E-state index in [2.05, 4.69) is 31.1 Å². The Morgan fingerprint density at radius 3 is 2.71 bits per heavy atom. The van der Waals surface area contributed by atoms with Gasteiger partial charge in [-0.05, 0) is 18.2 Å². The largest absolute Gasteiger partial charge is 0.478 e. The molecule has 0 spiro atoms. The SMILES string of the molecule is CC(C)(C)c1ncc(CNc2ccc(F)c(C(=O)O)c2)s1. The van der Waals surface area contributed by atoms with Crippen molar-refractivity contribution >= 4 is 23.0 Å². The number of rotatable bonds is 4. The van der Waals surface area contributed by atoms with E-state index in [0.717, 1.165) is 16.0 Å². The molecule has 2 N–H and O–H groups in total. The molecule has 1 aromatic carbocycles. The molecule has 112 valence electrons. The Morgan fingerprint density at radius 2 is 2.14 bits per heavy atom. The summed E-state index contributed by atoms with van der Waals surface area (Å²) in [5.74, 6) is -2.01. The van der Waals surface area contributed by atoms with E-state index in [1.165, 1.54) is 12.1 Å². The molecule has 1 heterocycles. The van der Waals surface area contributed by atoms with Crippen molar-refractivity contribution in [3.05, 3.63) is 45.7 Å². The number of hydrogen-bond donors (Lipinski definition) is 2. The van der Waals surface area contributed by atoms with Crippen LogP contribution in [0.5, 0.6) is 0 Å². The number of thiazole rings is 1. The third-order valence-electron chi connectivity index (χ3n) is 2.86. The number of benzene rings is 1. The summed E-state index contributed by atoms with van der Waals surface area (Å²) in [5, 5.41) is 13.0. The first-order chi connectivity index (χ1) is 9.77. The number of carboxylic acids is 1. The highest BCUT2D eigenvalue weighted by Crippen LogP contribution is 2.27. The molecule has 0 aliphatic carbocycles. The lowest BCUT2D eigenvalue weighted by Crippen LogP contribution is -2.09. The minimum Gasteiger partial charge on any atom is -0.478 e. The van der Waals surface area contributed by atoms with Gasteiger partial charge in [0.05, 0.1) is 17.1 Å². The van der Waals surface area contributed by atoms with Crippen LogP contribution in [0.4, 0.5) is 10.1 Å². The molecule has 0 fully saturated rings. The van der Waals surface area contributed by atoms with Crippen molar-refractivity contribution in [1.29, 1.82) is 0 Å². The Morgan fingerprint density at radius 1 is 1.43 bits per heavy atom. The van der Waals surface area contributed by atoms with Crippen LogP contribution in [0.15, 0.2) is 24.4 Å². The summed E-state index contributed by atoms with van der Waals surface area (Å²) in [7, 11) is 0. The molecular weight excluding hydrogens is 291 g/mol. The van der Waals surface area contributed by atoms with Crippen molar-refractivity contribution in [2.75, 3.05) is 5.32 Å². The van der Waals surface area contributed by atoms with Crippen molar-refractivity contribution in [2.24, 2.45) is 0 Å². The van der Waals surface area contributed by atoms with Gasteiger partial charge in [-0.25, -0.2) is 14.2 Å². The predicted molar refractivity (Wildman–Crippen MR) is 81.5 cm³/mol. The van der Waals surface area contributed by atoms with Gasteiger partial charge in [0.25, 0.3) is 0 Å². The number of hydrogen-bond acceptors (Lipinski definition) is 4. The summed E-state index contributed by atoms with van der Waals surface area (Å²) in [6, 6.07) is 3.97. The second kappa shape index (κ2) is 5.81. The van der Waals surface area contributed by atoms with Gasteiger partial charge in [0.2, 0.25) is 0 Å². The van der Waals surface area contributed by atoms with Gasteiger partial charge >= 0.3 is 5.97 Å². The Balaban J connectivity index is 2.08. The van der Waals surface area contributed by atoms with E-state index in [0.29, 0.717) is 12.2 Å². The Hall–Kier alpha value is -1.95. The quantitative estimate of drug-likeness (QED) is 0.899. The summed E-state index contributed by atoms with van der Waals surface area (Å²) in [5.41, 5.74) is 0.245. The molecule has 0 bridgehead atoms. The fraction of sp³-hybridized carbons (Fsp3) is 0.333. The first kappa shape index (κ1) is 15.4. The van der Waals surface area contributed by atoms with Crippen molar-refractivity contribution in [3.8, 4) is 0 Å². The highest BCUT2D eigenvalue weighted by Gasteiger charge is 2.18. The zero-order valence-corrected chi connectivity index (χ0v) is 12.9. The smallest absolute Gasteiger partial charge is 0.338 e. The molecule has 2 aromatic rings. The first-order valence-electron chi connectivity index (χ1n) is 6.49. The number of carboxylic acid groups (broad SMARTS) is 1. The minimum absolute atomic E-state index is 0.00920. The predicted octanol–water partition coefficient (Wildman–Crippen LogP) is 3.89. The molecule has 1 aromatic heterocycles. The number of nitrogens with zero attached hydrogens (tertiary/aromatic N) is 1. The van der Waals surface area contributed by atoms with E-state index in [1.807, 2.05) is 0 Å². The molecule has 2 rings (SSSR count). The summed E-state index contributed by atoms with van der Waals surface area (Å²) < 4.78 is 13.3. The number of nitrogens with one attached hydrogen (secondary N) is 1. The standard InChI is InChI=1S/C15H17FN2O2S/c1-15(2,3)14-18-8-10(21-14)7-17-9-4-5-12(16)11(6-9)13(19)20/h4-6,8,17H,7H2,1-3H3,(H,19,20). The Labute approximate surface area is 126 Å². The molecule has 4 nitrogen and oxygen atoms in total. The minimum atomic E-state index is -1.27. The van der Waals surface area contributed by atoms with E-state index < -0.39 is 11.8 Å². The molecule has 0 unspecified atom stereocenters. The molecule has 0 saturated carbocycles. The summed E-state index contributed by atoms with van der Waals surface area (Å²) >= 11 is 1.61. The van der Waals surface area contributed by atoms with Crippen LogP contribution in [0, 0.1) is 5.82 Å². The Kier molecular flexibility index (Phi) is 4.27. The zero-order chi connectivity index (χ0) is 15.6. The number of anilines is 1. The van der Waals surface area contributed by atoms with E-state index in [-0.39, 0.29) is 11.0 Å². The van der Waals surface area contributed by atoms with Gasteiger partial charge in [-0.15, -0.1) is 11.3 Å². The highest BCUT2D eigenvalue weighted by molar-refractivity contribution is 7.11. The molecular formula is C15H17FN2O2S. The highest BCUT2D eigenvalue weighted by atomic mass is 32.1. The lowest BCUT2D eigenvalue weighted by Gasteiger charge is -2.13. The number of aromatic carboxylic acids is 1. The topological polar surface area (TPSA) is 62.2 Å². The van der Waals surface area contributed by atoms with Crippen molar-refractivity contribution in [1.82, 2.24) is 4.98 Å². The van der Waals surface area contributed by atoms with Crippen molar-refractivity contribution < 1.29 is 14.3 Å². The molecule has 6 heteroatoms. The summed E-state index contributed by atoms with van der Waals surface area (Å²) in [4.78, 5) is 16.3. The van der Waals surface area contributed by atoms with Gasteiger partial charge < -0.3 is 10.4 Å². The third kappa shape index (κ3) is 3.78. The van der Waals surface area contributed by atoms with E-state index in [9.17, 15) is 9.18 Å². The molecule has 0 radical (unpaired) electrons. The van der Waals surface area contributed by atoms with Gasteiger partial charge in [0, 0.05) is 22.2 Å². The fourth-order valence-corrected chi connectivity index (χ4v) is 2.63. The number of carbonyl (C=O) groups is 1. The number of aromatic nitrogens is 1. The van der Waals surface area contributed by atoms with E-state index in [1.54, 1.807) is 17.5 Å². The Bertz CT molecular complexity index is 662. The molecule has 0 amide bonds. The van der Waals surface area contributed by atoms with Gasteiger partial charge in [0.1, 0.15) is 5.82 Å². The average molecular weight is 308 g/mol. The maximum absolute atomic E-state index is 13.3. The van der Waals surface area contributed by atoms with Crippen LogP contribution < -0.4 is 5.32 Å². The molecule has 0 atom stereocenters. The van der Waals surface area contributed by atoms with Crippen LogP contribution in [-0.4, -0.2) is 16.1 Å². The average Bonchev–Trinajstić information content (AvgIpc) is 2.86. The monoisotopic (exact) mass is 308 g/mol. The van der Waals surface area contributed by atoms with E-state index >= 15 is 0 Å². The maximum Gasteiger partial charge on any atom is 0.338 e. The molecule has 0 aliphatic heterocycles. The third-order valence-corrected chi connectivity index (χ3v) is 4.28. The molecule has 0 aliphatic rings. The number of halogens is 1. The van der Waals surface area contributed by atoms with Crippen LogP contribution in [0.1, 0.15) is 41.0 Å². The second-order valence-corrected chi connectivity index (χ2v) is 6.85.